The Kier molecular flexibility index (Phi) is 4.37. The number of alkyl halides is 3. The Balaban J connectivity index is 2.31. The molecule has 17 heavy (non-hydrogen) atoms. The number of hydrogen-bond acceptors (Lipinski definition) is 1. The van der Waals surface area contributed by atoms with Gasteiger partial charge in [0.25, 0.3) is 0 Å². The van der Waals surface area contributed by atoms with Crippen molar-refractivity contribution in [2.24, 2.45) is 0 Å². The van der Waals surface area contributed by atoms with Gasteiger partial charge in [0.05, 0.1) is 0 Å². The number of halogens is 3. The lowest BCUT2D eigenvalue weighted by Gasteiger charge is -2.09. The zero-order valence-electron chi connectivity index (χ0n) is 9.27. The summed E-state index contributed by atoms with van der Waals surface area (Å²) in [5.41, 5.74) is 1.91. The lowest BCUT2D eigenvalue weighted by molar-refractivity contribution is -0.122. The van der Waals surface area contributed by atoms with Crippen LogP contribution >= 0.6 is 0 Å². The second kappa shape index (κ2) is 5.56. The Morgan fingerprint density at radius 2 is 1.76 bits per heavy atom. The molecule has 0 atom stereocenters. The number of carbonyl (C=O) groups excluding carboxylic acids is 1. The van der Waals surface area contributed by atoms with Crippen LogP contribution in [0.1, 0.15) is 11.1 Å². The van der Waals surface area contributed by atoms with Gasteiger partial charge in [0.2, 0.25) is 0 Å². The second-order valence-corrected chi connectivity index (χ2v) is 3.64. The fraction of sp³-hybridized carbons (Fsp3) is 0.364. The molecule has 0 heterocycles. The number of aryl methyl sites for hydroxylation is 1. The standard InChI is InChI=1S/C11H13F3N2O/c1-8-2-4-9(5-3-8)6-15-10(17)16-7-11(12,13)14/h2-5H,6-7H2,1H3,(H2,15,16,17). The van der Waals surface area contributed by atoms with Crippen LogP contribution in [0.25, 0.3) is 0 Å². The maximum Gasteiger partial charge on any atom is 0.405 e. The first-order valence-electron chi connectivity index (χ1n) is 5.01. The first kappa shape index (κ1) is 13.3. The summed E-state index contributed by atoms with van der Waals surface area (Å²) in [4.78, 5) is 11.0. The first-order valence-corrected chi connectivity index (χ1v) is 5.01. The number of carbonyl (C=O) groups is 1. The Bertz CT molecular complexity index is 373. The van der Waals surface area contributed by atoms with Gasteiger partial charge in [-0.15, -0.1) is 0 Å². The number of amides is 2. The summed E-state index contributed by atoms with van der Waals surface area (Å²) < 4.78 is 35.3. The molecule has 6 heteroatoms. The van der Waals surface area contributed by atoms with Gasteiger partial charge in [-0.2, -0.15) is 13.2 Å². The van der Waals surface area contributed by atoms with Gasteiger partial charge in [0, 0.05) is 6.54 Å². The molecule has 0 aliphatic rings. The van der Waals surface area contributed by atoms with Crippen LogP contribution in [0.2, 0.25) is 0 Å². The number of rotatable bonds is 3. The van der Waals surface area contributed by atoms with Crippen LogP contribution in [-0.2, 0) is 6.54 Å². The number of nitrogens with one attached hydrogen (secondary N) is 2. The second-order valence-electron chi connectivity index (χ2n) is 3.64. The third-order valence-corrected chi connectivity index (χ3v) is 2.02. The first-order chi connectivity index (χ1) is 7.87. The molecule has 94 valence electrons. The van der Waals surface area contributed by atoms with Crippen LogP contribution in [0.4, 0.5) is 18.0 Å². The molecule has 1 rings (SSSR count). The molecule has 0 radical (unpaired) electrons. The minimum atomic E-state index is -4.39. The van der Waals surface area contributed by atoms with Crippen molar-refractivity contribution in [2.75, 3.05) is 6.54 Å². The minimum Gasteiger partial charge on any atom is -0.334 e. The van der Waals surface area contributed by atoms with E-state index in [4.69, 9.17) is 0 Å². The van der Waals surface area contributed by atoms with Gasteiger partial charge in [-0.3, -0.25) is 0 Å². The molecule has 0 spiro atoms. The van der Waals surface area contributed by atoms with E-state index in [9.17, 15) is 18.0 Å². The van der Waals surface area contributed by atoms with Crippen molar-refractivity contribution in [1.82, 2.24) is 10.6 Å². The summed E-state index contributed by atoms with van der Waals surface area (Å²) in [6.45, 7) is 0.796. The summed E-state index contributed by atoms with van der Waals surface area (Å²) >= 11 is 0. The molecule has 0 aliphatic carbocycles. The maximum absolute atomic E-state index is 11.8. The third kappa shape index (κ3) is 5.79. The highest BCUT2D eigenvalue weighted by molar-refractivity contribution is 5.73. The molecule has 3 nitrogen and oxygen atoms in total. The van der Waals surface area contributed by atoms with E-state index in [0.717, 1.165) is 11.1 Å². The van der Waals surface area contributed by atoms with Crippen LogP contribution in [0.3, 0.4) is 0 Å². The Hall–Kier alpha value is -1.72. The Labute approximate surface area is 97.0 Å². The zero-order valence-corrected chi connectivity index (χ0v) is 9.27. The number of benzene rings is 1. The zero-order chi connectivity index (χ0) is 12.9. The average Bonchev–Trinajstić information content (AvgIpc) is 2.25. The molecule has 0 unspecified atom stereocenters. The minimum absolute atomic E-state index is 0.198. The topological polar surface area (TPSA) is 41.1 Å². The van der Waals surface area contributed by atoms with Crippen molar-refractivity contribution in [1.29, 1.82) is 0 Å². The highest BCUT2D eigenvalue weighted by Crippen LogP contribution is 2.11. The molecule has 0 saturated heterocycles. The molecule has 2 amide bonds. The number of urea groups is 1. The van der Waals surface area contributed by atoms with E-state index >= 15 is 0 Å². The molecular formula is C11H13F3N2O. The van der Waals surface area contributed by atoms with Gasteiger partial charge in [-0.1, -0.05) is 29.8 Å². The fourth-order valence-electron chi connectivity index (χ4n) is 1.13. The summed E-state index contributed by atoms with van der Waals surface area (Å²) in [5.74, 6) is 0. The van der Waals surface area contributed by atoms with Crippen LogP contribution in [-0.4, -0.2) is 18.8 Å². The number of hydrogen-bond donors (Lipinski definition) is 2. The van der Waals surface area contributed by atoms with Crippen molar-refractivity contribution < 1.29 is 18.0 Å². The van der Waals surface area contributed by atoms with Gasteiger partial charge in [-0.05, 0) is 12.5 Å². The normalized spacial score (nSPS) is 11.1. The van der Waals surface area contributed by atoms with Gasteiger partial charge in [0.1, 0.15) is 6.54 Å². The molecule has 1 aromatic rings. The van der Waals surface area contributed by atoms with E-state index in [-0.39, 0.29) is 6.54 Å². The summed E-state index contributed by atoms with van der Waals surface area (Å²) in [5, 5.41) is 4.07. The van der Waals surface area contributed by atoms with E-state index in [1.54, 1.807) is 17.4 Å². The Morgan fingerprint density at radius 3 is 2.29 bits per heavy atom. The van der Waals surface area contributed by atoms with Crippen molar-refractivity contribution in [3.63, 3.8) is 0 Å². The lowest BCUT2D eigenvalue weighted by atomic mass is 10.1. The average molecular weight is 246 g/mol. The fourth-order valence-corrected chi connectivity index (χ4v) is 1.13. The lowest BCUT2D eigenvalue weighted by Crippen LogP contribution is -2.40. The molecule has 0 fully saturated rings. The van der Waals surface area contributed by atoms with Crippen molar-refractivity contribution >= 4 is 6.03 Å². The quantitative estimate of drug-likeness (QED) is 0.844. The Morgan fingerprint density at radius 1 is 1.18 bits per heavy atom. The molecule has 2 N–H and O–H groups in total. The molecule has 1 aromatic carbocycles. The third-order valence-electron chi connectivity index (χ3n) is 2.02. The SMILES string of the molecule is Cc1ccc(CNC(=O)NCC(F)(F)F)cc1. The van der Waals surface area contributed by atoms with Crippen molar-refractivity contribution in [3.8, 4) is 0 Å². The monoisotopic (exact) mass is 246 g/mol. The van der Waals surface area contributed by atoms with Gasteiger partial charge >= 0.3 is 12.2 Å². The summed E-state index contributed by atoms with van der Waals surface area (Å²) in [7, 11) is 0. The molecule has 0 aromatic heterocycles. The summed E-state index contributed by atoms with van der Waals surface area (Å²) in [6.07, 6.45) is -4.39. The molecular weight excluding hydrogens is 233 g/mol. The van der Waals surface area contributed by atoms with Gasteiger partial charge in [-0.25, -0.2) is 4.79 Å². The molecule has 0 saturated carbocycles. The maximum atomic E-state index is 11.8. The van der Waals surface area contributed by atoms with E-state index < -0.39 is 18.8 Å². The van der Waals surface area contributed by atoms with Crippen molar-refractivity contribution in [3.05, 3.63) is 35.4 Å². The van der Waals surface area contributed by atoms with E-state index in [1.165, 1.54) is 0 Å². The molecule has 0 bridgehead atoms. The highest BCUT2D eigenvalue weighted by Gasteiger charge is 2.27. The highest BCUT2D eigenvalue weighted by atomic mass is 19.4. The largest absolute Gasteiger partial charge is 0.405 e. The van der Waals surface area contributed by atoms with Gasteiger partial charge < -0.3 is 10.6 Å². The summed E-state index contributed by atoms with van der Waals surface area (Å²) in [6, 6.07) is 6.51. The van der Waals surface area contributed by atoms with Crippen LogP contribution in [0.15, 0.2) is 24.3 Å². The molecule has 0 aliphatic heterocycles. The predicted molar refractivity (Wildman–Crippen MR) is 57.5 cm³/mol. The van der Waals surface area contributed by atoms with Crippen molar-refractivity contribution in [2.45, 2.75) is 19.6 Å². The van der Waals surface area contributed by atoms with E-state index in [1.807, 2.05) is 19.1 Å². The van der Waals surface area contributed by atoms with Crippen LogP contribution < -0.4 is 10.6 Å². The van der Waals surface area contributed by atoms with E-state index in [2.05, 4.69) is 5.32 Å². The van der Waals surface area contributed by atoms with Gasteiger partial charge in [0.15, 0.2) is 0 Å². The van der Waals surface area contributed by atoms with E-state index in [0.29, 0.717) is 0 Å². The smallest absolute Gasteiger partial charge is 0.334 e. The predicted octanol–water partition coefficient (Wildman–Crippen LogP) is 2.36. The van der Waals surface area contributed by atoms with Crippen LogP contribution in [0.5, 0.6) is 0 Å². The van der Waals surface area contributed by atoms with Crippen LogP contribution in [0, 0.1) is 6.92 Å².